The first-order valence-corrected chi connectivity index (χ1v) is 7.61. The molecule has 2 rings (SSSR count). The minimum atomic E-state index is 0.339. The maximum absolute atomic E-state index is 9.05. The van der Waals surface area contributed by atoms with Gasteiger partial charge in [-0.25, -0.2) is 0 Å². The van der Waals surface area contributed by atoms with E-state index in [9.17, 15) is 0 Å². The van der Waals surface area contributed by atoms with Crippen LogP contribution in [-0.4, -0.2) is 30.1 Å². The van der Waals surface area contributed by atoms with Crippen molar-refractivity contribution in [3.63, 3.8) is 0 Å². The molecule has 20 heavy (non-hydrogen) atoms. The highest BCUT2D eigenvalue weighted by Crippen LogP contribution is 2.24. The van der Waals surface area contributed by atoms with Crippen molar-refractivity contribution in [3.8, 4) is 6.07 Å². The number of hydrogen-bond donors (Lipinski definition) is 1. The average Bonchev–Trinajstić information content (AvgIpc) is 2.97. The number of nitrogens with zero attached hydrogens (tertiary/aromatic N) is 2. The van der Waals surface area contributed by atoms with Crippen LogP contribution in [0.4, 0.5) is 0 Å². The van der Waals surface area contributed by atoms with Crippen molar-refractivity contribution in [1.82, 2.24) is 10.2 Å². The molecule has 0 aromatic heterocycles. The molecule has 1 aromatic carbocycles. The Balaban J connectivity index is 2.12. The Kier molecular flexibility index (Phi) is 5.17. The van der Waals surface area contributed by atoms with Gasteiger partial charge in [0.2, 0.25) is 0 Å². The van der Waals surface area contributed by atoms with Gasteiger partial charge in [0.1, 0.15) is 0 Å². The van der Waals surface area contributed by atoms with Crippen LogP contribution in [0.5, 0.6) is 0 Å². The van der Waals surface area contributed by atoms with E-state index in [0.29, 0.717) is 18.1 Å². The van der Waals surface area contributed by atoms with E-state index < -0.39 is 0 Å². The molecule has 0 amide bonds. The van der Waals surface area contributed by atoms with Gasteiger partial charge < -0.3 is 5.32 Å². The van der Waals surface area contributed by atoms with Crippen molar-refractivity contribution < 1.29 is 0 Å². The Hall–Kier alpha value is -1.37. The molecule has 2 unspecified atom stereocenters. The van der Waals surface area contributed by atoms with E-state index in [0.717, 1.165) is 18.7 Å². The van der Waals surface area contributed by atoms with Gasteiger partial charge >= 0.3 is 0 Å². The summed E-state index contributed by atoms with van der Waals surface area (Å²) < 4.78 is 0. The van der Waals surface area contributed by atoms with Crippen molar-refractivity contribution in [2.45, 2.75) is 51.7 Å². The van der Waals surface area contributed by atoms with E-state index in [-0.39, 0.29) is 0 Å². The van der Waals surface area contributed by atoms with Gasteiger partial charge in [-0.3, -0.25) is 4.90 Å². The summed E-state index contributed by atoms with van der Waals surface area (Å²) >= 11 is 0. The molecule has 0 saturated carbocycles. The summed E-state index contributed by atoms with van der Waals surface area (Å²) in [6.45, 7) is 8.97. The van der Waals surface area contributed by atoms with Crippen LogP contribution in [0, 0.1) is 11.3 Å². The lowest BCUT2D eigenvalue weighted by Gasteiger charge is -2.35. The maximum Gasteiger partial charge on any atom is 0.0991 e. The van der Waals surface area contributed by atoms with Crippen molar-refractivity contribution in [2.75, 3.05) is 13.1 Å². The first-order chi connectivity index (χ1) is 9.61. The Morgan fingerprint density at radius 3 is 2.80 bits per heavy atom. The highest BCUT2D eigenvalue weighted by Gasteiger charge is 2.24. The molecule has 1 heterocycles. The van der Waals surface area contributed by atoms with Gasteiger partial charge in [-0.2, -0.15) is 5.26 Å². The van der Waals surface area contributed by atoms with Crippen LogP contribution < -0.4 is 5.32 Å². The lowest BCUT2D eigenvalue weighted by Crippen LogP contribution is -2.42. The quantitative estimate of drug-likeness (QED) is 0.894. The Bertz CT molecular complexity index is 469. The van der Waals surface area contributed by atoms with Crippen molar-refractivity contribution in [3.05, 3.63) is 35.4 Å². The average molecular weight is 271 g/mol. The summed E-state index contributed by atoms with van der Waals surface area (Å²) in [5.74, 6) is 0. The number of nitriles is 1. The topological polar surface area (TPSA) is 39.1 Å². The van der Waals surface area contributed by atoms with Crippen LogP contribution in [-0.2, 0) is 0 Å². The van der Waals surface area contributed by atoms with E-state index in [1.165, 1.54) is 18.4 Å². The molecule has 0 spiro atoms. The number of rotatable bonds is 5. The lowest BCUT2D eigenvalue weighted by atomic mass is 10.0. The summed E-state index contributed by atoms with van der Waals surface area (Å²) in [5.41, 5.74) is 1.98. The fourth-order valence-corrected chi connectivity index (χ4v) is 3.04. The standard InChI is InChI=1S/C17H25N3/c1-13(2)20(12-17-8-5-9-19-17)14(3)16-7-4-6-15(10-16)11-18/h4,6-7,10,13-14,17,19H,5,8-9,12H2,1-3H3. The lowest BCUT2D eigenvalue weighted by molar-refractivity contribution is 0.150. The second-order valence-electron chi connectivity index (χ2n) is 6.00. The van der Waals surface area contributed by atoms with Crippen molar-refractivity contribution in [1.29, 1.82) is 5.26 Å². The largest absolute Gasteiger partial charge is 0.313 e. The number of nitrogens with one attached hydrogen (secondary N) is 1. The van der Waals surface area contributed by atoms with Gasteiger partial charge in [0.05, 0.1) is 11.6 Å². The molecule has 0 radical (unpaired) electrons. The molecule has 0 aliphatic carbocycles. The normalized spacial score (nSPS) is 20.3. The second-order valence-corrected chi connectivity index (χ2v) is 6.00. The molecule has 0 bridgehead atoms. The molecular weight excluding hydrogens is 246 g/mol. The molecule has 3 heteroatoms. The van der Waals surface area contributed by atoms with E-state index in [2.05, 4.69) is 43.1 Å². The van der Waals surface area contributed by atoms with Crippen LogP contribution in [0.2, 0.25) is 0 Å². The number of benzene rings is 1. The smallest absolute Gasteiger partial charge is 0.0991 e. The minimum Gasteiger partial charge on any atom is -0.313 e. The molecule has 3 nitrogen and oxygen atoms in total. The van der Waals surface area contributed by atoms with Gasteiger partial charge in [-0.05, 0) is 57.9 Å². The third kappa shape index (κ3) is 3.59. The third-order valence-corrected chi connectivity index (χ3v) is 4.25. The molecule has 108 valence electrons. The molecule has 1 fully saturated rings. The predicted molar refractivity (Wildman–Crippen MR) is 82.4 cm³/mol. The van der Waals surface area contributed by atoms with Gasteiger partial charge in [-0.15, -0.1) is 0 Å². The van der Waals surface area contributed by atoms with Gasteiger partial charge in [0, 0.05) is 24.7 Å². The highest BCUT2D eigenvalue weighted by molar-refractivity contribution is 5.34. The minimum absolute atomic E-state index is 0.339. The fraction of sp³-hybridized carbons (Fsp3) is 0.588. The summed E-state index contributed by atoms with van der Waals surface area (Å²) in [4.78, 5) is 2.53. The van der Waals surface area contributed by atoms with Gasteiger partial charge in [0.25, 0.3) is 0 Å². The Morgan fingerprint density at radius 2 is 2.20 bits per heavy atom. The van der Waals surface area contributed by atoms with E-state index in [1.807, 2.05) is 18.2 Å². The monoisotopic (exact) mass is 271 g/mol. The van der Waals surface area contributed by atoms with Crippen molar-refractivity contribution in [2.24, 2.45) is 0 Å². The van der Waals surface area contributed by atoms with Gasteiger partial charge in [-0.1, -0.05) is 12.1 Å². The molecule has 1 N–H and O–H groups in total. The Labute approximate surface area is 122 Å². The molecule has 1 aliphatic heterocycles. The van der Waals surface area contributed by atoms with Crippen LogP contribution >= 0.6 is 0 Å². The second kappa shape index (κ2) is 6.88. The SMILES string of the molecule is CC(C)N(CC1CCCN1)C(C)c1cccc(C#N)c1. The van der Waals surface area contributed by atoms with Gasteiger partial charge in [0.15, 0.2) is 0 Å². The van der Waals surface area contributed by atoms with Crippen LogP contribution in [0.1, 0.15) is 50.8 Å². The molecule has 2 atom stereocenters. The summed E-state index contributed by atoms with van der Waals surface area (Å²) in [6.07, 6.45) is 2.56. The molecule has 1 aromatic rings. The van der Waals surface area contributed by atoms with E-state index in [4.69, 9.17) is 5.26 Å². The number of hydrogen-bond acceptors (Lipinski definition) is 3. The highest BCUT2D eigenvalue weighted by atomic mass is 15.2. The van der Waals surface area contributed by atoms with E-state index in [1.54, 1.807) is 0 Å². The van der Waals surface area contributed by atoms with Crippen LogP contribution in [0.15, 0.2) is 24.3 Å². The summed E-state index contributed by atoms with van der Waals surface area (Å²) in [7, 11) is 0. The Morgan fingerprint density at radius 1 is 1.40 bits per heavy atom. The fourth-order valence-electron chi connectivity index (χ4n) is 3.04. The summed E-state index contributed by atoms with van der Waals surface area (Å²) in [6, 6.07) is 11.7. The zero-order chi connectivity index (χ0) is 14.5. The predicted octanol–water partition coefficient (Wildman–Crippen LogP) is 3.08. The van der Waals surface area contributed by atoms with Crippen LogP contribution in [0.3, 0.4) is 0 Å². The first-order valence-electron chi connectivity index (χ1n) is 7.61. The summed E-state index contributed by atoms with van der Waals surface area (Å²) in [5, 5.41) is 12.6. The molecule has 1 saturated heterocycles. The zero-order valence-electron chi connectivity index (χ0n) is 12.8. The molecular formula is C17H25N3. The maximum atomic E-state index is 9.05. The van der Waals surface area contributed by atoms with Crippen molar-refractivity contribution >= 4 is 0 Å². The zero-order valence-corrected chi connectivity index (χ0v) is 12.8. The van der Waals surface area contributed by atoms with Crippen LogP contribution in [0.25, 0.3) is 0 Å². The molecule has 1 aliphatic rings. The van der Waals surface area contributed by atoms with E-state index >= 15 is 0 Å². The third-order valence-electron chi connectivity index (χ3n) is 4.25. The first kappa shape index (κ1) is 15.0.